The molecule has 4 heterocycles. The number of hydrogen-bond acceptors (Lipinski definition) is 6. The van der Waals surface area contributed by atoms with Gasteiger partial charge in [0.05, 0.1) is 10.5 Å². The van der Waals surface area contributed by atoms with Gasteiger partial charge >= 0.3 is 0 Å². The van der Waals surface area contributed by atoms with E-state index in [0.717, 1.165) is 25.9 Å². The maximum Gasteiger partial charge on any atom is 0.267 e. The fourth-order valence-corrected chi connectivity index (χ4v) is 4.83. The largest absolute Gasteiger partial charge is 0.356 e. The van der Waals surface area contributed by atoms with Crippen LogP contribution in [0.5, 0.6) is 0 Å². The van der Waals surface area contributed by atoms with E-state index in [0.29, 0.717) is 32.8 Å². The van der Waals surface area contributed by atoms with Crippen LogP contribution in [-0.2, 0) is 4.79 Å². The number of aromatic nitrogens is 2. The molecule has 0 unspecified atom stereocenters. The first-order chi connectivity index (χ1) is 13.1. The number of thioether (sulfide) groups is 1. The van der Waals surface area contributed by atoms with E-state index < -0.39 is 0 Å². The average molecular weight is 401 g/mol. The molecule has 2 aromatic heterocycles. The predicted molar refractivity (Wildman–Crippen MR) is 113 cm³/mol. The third-order valence-corrected chi connectivity index (χ3v) is 6.25. The molecule has 2 saturated heterocycles. The molecule has 6 nitrogen and oxygen atoms in total. The van der Waals surface area contributed by atoms with E-state index in [1.807, 2.05) is 19.1 Å². The van der Waals surface area contributed by atoms with Crippen molar-refractivity contribution in [3.63, 3.8) is 0 Å². The molecule has 2 aliphatic heterocycles. The molecule has 0 atom stereocenters. The zero-order chi connectivity index (χ0) is 19.0. The van der Waals surface area contributed by atoms with Crippen molar-refractivity contribution in [2.45, 2.75) is 26.2 Å². The molecule has 0 aromatic carbocycles. The van der Waals surface area contributed by atoms with Gasteiger partial charge in [-0.3, -0.25) is 18.9 Å². The summed E-state index contributed by atoms with van der Waals surface area (Å²) in [5.41, 5.74) is 0.904. The van der Waals surface area contributed by atoms with Crippen molar-refractivity contribution in [2.24, 2.45) is 0 Å². The number of hydrogen-bond donors (Lipinski definition) is 0. The number of fused-ring (bicyclic) bond motifs is 1. The monoisotopic (exact) mass is 400 g/mol. The first kappa shape index (κ1) is 18.2. The van der Waals surface area contributed by atoms with Crippen molar-refractivity contribution >= 4 is 51.7 Å². The molecule has 0 saturated carbocycles. The van der Waals surface area contributed by atoms with Gasteiger partial charge in [0.2, 0.25) is 0 Å². The van der Waals surface area contributed by atoms with Gasteiger partial charge in [-0.1, -0.05) is 30.0 Å². The maximum atomic E-state index is 13.2. The van der Waals surface area contributed by atoms with Crippen LogP contribution in [-0.4, -0.2) is 44.1 Å². The number of pyridine rings is 1. The number of carbonyl (C=O) groups is 1. The molecule has 0 spiro atoms. The highest BCUT2D eigenvalue weighted by Gasteiger charge is 2.31. The molecule has 2 aliphatic rings. The molecule has 4 rings (SSSR count). The summed E-state index contributed by atoms with van der Waals surface area (Å²) < 4.78 is 2.06. The van der Waals surface area contributed by atoms with Gasteiger partial charge in [0.15, 0.2) is 0 Å². The van der Waals surface area contributed by atoms with Crippen LogP contribution in [0.1, 0.15) is 31.7 Å². The maximum absolute atomic E-state index is 13.2. The van der Waals surface area contributed by atoms with E-state index in [1.165, 1.54) is 22.6 Å². The molecular weight excluding hydrogens is 380 g/mol. The Morgan fingerprint density at radius 1 is 1.22 bits per heavy atom. The van der Waals surface area contributed by atoms with Crippen LogP contribution in [0.15, 0.2) is 34.1 Å². The smallest absolute Gasteiger partial charge is 0.267 e. The normalized spacial score (nSPS) is 19.5. The highest BCUT2D eigenvalue weighted by atomic mass is 32.2. The predicted octanol–water partition coefficient (Wildman–Crippen LogP) is 2.91. The van der Waals surface area contributed by atoms with E-state index in [1.54, 1.807) is 23.2 Å². The number of piperidine rings is 1. The van der Waals surface area contributed by atoms with Gasteiger partial charge in [-0.2, -0.15) is 0 Å². The summed E-state index contributed by atoms with van der Waals surface area (Å²) in [4.78, 5) is 34.8. The molecule has 0 radical (unpaired) electrons. The lowest BCUT2D eigenvalue weighted by atomic mass is 10.1. The van der Waals surface area contributed by atoms with E-state index >= 15 is 0 Å². The summed E-state index contributed by atoms with van der Waals surface area (Å²) >= 11 is 6.54. The zero-order valence-electron chi connectivity index (χ0n) is 15.1. The standard InChI is InChI=1S/C19H20N4O2S2/c1-2-22-18(25)14(27-19(22)26)12-13-16(21-9-5-3-6-10-21)20-15-8-4-7-11-23(15)17(13)24/h4,7-8,11-12H,2-3,5-6,9-10H2,1H3/b14-12+. The zero-order valence-corrected chi connectivity index (χ0v) is 16.7. The van der Waals surface area contributed by atoms with Crippen molar-refractivity contribution in [1.82, 2.24) is 14.3 Å². The Hall–Kier alpha value is -2.19. The Morgan fingerprint density at radius 3 is 2.70 bits per heavy atom. The first-order valence-electron chi connectivity index (χ1n) is 9.12. The Morgan fingerprint density at radius 2 is 2.00 bits per heavy atom. The third-order valence-electron chi connectivity index (χ3n) is 4.87. The molecular formula is C19H20N4O2S2. The molecule has 2 aromatic rings. The molecule has 0 N–H and O–H groups in total. The van der Waals surface area contributed by atoms with Crippen molar-refractivity contribution in [2.75, 3.05) is 24.5 Å². The Labute approximate surface area is 166 Å². The Bertz CT molecular complexity index is 1010. The number of carbonyl (C=O) groups excluding carboxylic acids is 1. The second-order valence-corrected chi connectivity index (χ2v) is 8.23. The van der Waals surface area contributed by atoms with Gasteiger partial charge in [0, 0.05) is 25.8 Å². The Balaban J connectivity index is 1.89. The molecule has 140 valence electrons. The number of likely N-dealkylation sites (N-methyl/N-ethyl adjacent to an activating group) is 1. The van der Waals surface area contributed by atoms with Crippen molar-refractivity contribution in [3.05, 3.63) is 45.2 Å². The minimum atomic E-state index is -0.164. The fourth-order valence-electron chi connectivity index (χ4n) is 3.47. The minimum Gasteiger partial charge on any atom is -0.356 e. The number of rotatable bonds is 3. The minimum absolute atomic E-state index is 0.144. The van der Waals surface area contributed by atoms with Crippen LogP contribution in [0, 0.1) is 0 Å². The van der Waals surface area contributed by atoms with Crippen molar-refractivity contribution in [1.29, 1.82) is 0 Å². The van der Waals surface area contributed by atoms with Gasteiger partial charge in [-0.05, 0) is 44.4 Å². The van der Waals surface area contributed by atoms with Crippen LogP contribution in [0.3, 0.4) is 0 Å². The van der Waals surface area contributed by atoms with Gasteiger partial charge in [0.1, 0.15) is 15.8 Å². The molecule has 27 heavy (non-hydrogen) atoms. The van der Waals surface area contributed by atoms with E-state index in [-0.39, 0.29) is 11.5 Å². The lowest BCUT2D eigenvalue weighted by Gasteiger charge is -2.29. The molecule has 0 aliphatic carbocycles. The lowest BCUT2D eigenvalue weighted by Crippen LogP contribution is -2.33. The van der Waals surface area contributed by atoms with Gasteiger partial charge in [0.25, 0.3) is 11.5 Å². The summed E-state index contributed by atoms with van der Waals surface area (Å²) in [6.45, 7) is 4.15. The van der Waals surface area contributed by atoms with E-state index in [4.69, 9.17) is 17.2 Å². The number of nitrogens with zero attached hydrogens (tertiary/aromatic N) is 4. The summed E-state index contributed by atoms with van der Waals surface area (Å²) in [7, 11) is 0. The van der Waals surface area contributed by atoms with E-state index in [9.17, 15) is 9.59 Å². The van der Waals surface area contributed by atoms with Crippen LogP contribution in [0.25, 0.3) is 11.7 Å². The summed E-state index contributed by atoms with van der Waals surface area (Å²) in [6.07, 6.45) is 6.72. The summed E-state index contributed by atoms with van der Waals surface area (Å²) in [6, 6.07) is 5.50. The third kappa shape index (κ3) is 3.27. The van der Waals surface area contributed by atoms with Crippen LogP contribution < -0.4 is 10.5 Å². The summed E-state index contributed by atoms with van der Waals surface area (Å²) in [5, 5.41) is 0. The van der Waals surface area contributed by atoms with Gasteiger partial charge < -0.3 is 4.90 Å². The molecule has 2 fully saturated rings. The highest BCUT2D eigenvalue weighted by molar-refractivity contribution is 8.26. The van der Waals surface area contributed by atoms with Crippen LogP contribution in [0.4, 0.5) is 5.82 Å². The van der Waals surface area contributed by atoms with Crippen LogP contribution >= 0.6 is 24.0 Å². The van der Waals surface area contributed by atoms with E-state index in [2.05, 4.69) is 4.90 Å². The van der Waals surface area contributed by atoms with Crippen molar-refractivity contribution < 1.29 is 4.79 Å². The SMILES string of the molecule is CCN1C(=O)/C(=C\c2c(N3CCCCC3)nc3ccccn3c2=O)SC1=S. The Kier molecular flexibility index (Phi) is 5.01. The first-order valence-corrected chi connectivity index (χ1v) is 10.3. The number of amides is 1. The molecule has 0 bridgehead atoms. The quantitative estimate of drug-likeness (QED) is 0.583. The molecule has 1 amide bonds. The van der Waals surface area contributed by atoms with Gasteiger partial charge in [-0.15, -0.1) is 0 Å². The fraction of sp³-hybridized carbons (Fsp3) is 0.368. The number of anilines is 1. The second-order valence-electron chi connectivity index (χ2n) is 6.56. The number of thiocarbonyl (C=S) groups is 1. The van der Waals surface area contributed by atoms with Crippen LogP contribution in [0.2, 0.25) is 0 Å². The summed E-state index contributed by atoms with van der Waals surface area (Å²) in [5.74, 6) is 0.516. The molecule has 8 heteroatoms. The van der Waals surface area contributed by atoms with Gasteiger partial charge in [-0.25, -0.2) is 4.98 Å². The lowest BCUT2D eigenvalue weighted by molar-refractivity contribution is -0.121. The average Bonchev–Trinajstić information content (AvgIpc) is 2.97. The highest BCUT2D eigenvalue weighted by Crippen LogP contribution is 2.33. The second kappa shape index (κ2) is 7.44. The van der Waals surface area contributed by atoms with Crippen molar-refractivity contribution in [3.8, 4) is 0 Å². The topological polar surface area (TPSA) is 57.9 Å².